The number of hydrogen-bond donors (Lipinski definition) is 1. The smallest absolute Gasteiger partial charge is 0.105 e. The van der Waals surface area contributed by atoms with Gasteiger partial charge in [-0.25, -0.2) is 0 Å². The fourth-order valence-electron chi connectivity index (χ4n) is 4.36. The Morgan fingerprint density at radius 2 is 1.81 bits per heavy atom. The number of fused-ring (bicyclic) bond motifs is 3. The maximum Gasteiger partial charge on any atom is 0.105 e. The van der Waals surface area contributed by atoms with E-state index in [0.717, 1.165) is 41.2 Å². The molecule has 1 aromatic heterocycles. The van der Waals surface area contributed by atoms with E-state index in [1.54, 1.807) is 0 Å². The van der Waals surface area contributed by atoms with Crippen molar-refractivity contribution in [1.82, 2.24) is 9.47 Å². The molecule has 5 heteroatoms. The maximum atomic E-state index is 11.4. The lowest BCUT2D eigenvalue weighted by atomic mass is 9.91. The van der Waals surface area contributed by atoms with Crippen molar-refractivity contribution < 1.29 is 5.11 Å². The van der Waals surface area contributed by atoms with Gasteiger partial charge in [-0.3, -0.25) is 0 Å². The number of aromatic nitrogens is 1. The van der Waals surface area contributed by atoms with Crippen LogP contribution in [0.3, 0.4) is 0 Å². The summed E-state index contributed by atoms with van der Waals surface area (Å²) in [7, 11) is 2.14. The lowest BCUT2D eigenvalue weighted by molar-refractivity contribution is 0.0379. The Morgan fingerprint density at radius 3 is 2.56 bits per heavy atom. The molecule has 0 aliphatic carbocycles. The molecule has 0 bridgehead atoms. The summed E-state index contributed by atoms with van der Waals surface area (Å²) in [6, 6.07) is 11.7. The molecule has 1 unspecified atom stereocenters. The molecule has 27 heavy (non-hydrogen) atoms. The lowest BCUT2D eigenvalue weighted by Gasteiger charge is -2.30. The van der Waals surface area contributed by atoms with Crippen LogP contribution in [0.25, 0.3) is 10.9 Å². The first kappa shape index (κ1) is 18.8. The number of benzene rings is 2. The molecule has 1 aliphatic heterocycles. The molecule has 142 valence electrons. The molecule has 0 amide bonds. The quantitative estimate of drug-likeness (QED) is 0.655. The normalized spacial score (nSPS) is 17.1. The topological polar surface area (TPSA) is 28.4 Å². The summed E-state index contributed by atoms with van der Waals surface area (Å²) in [5, 5.41) is 14.0. The number of likely N-dealkylation sites (N-methyl/N-ethyl adjacent to an activating group) is 1. The van der Waals surface area contributed by atoms with Gasteiger partial charge >= 0.3 is 0 Å². The summed E-state index contributed by atoms with van der Waals surface area (Å²) in [4.78, 5) is 2.33. The second-order valence-electron chi connectivity index (χ2n) is 7.89. The Kier molecular flexibility index (Phi) is 4.76. The van der Waals surface area contributed by atoms with Crippen molar-refractivity contribution >= 4 is 34.1 Å². The Labute approximate surface area is 170 Å². The van der Waals surface area contributed by atoms with E-state index < -0.39 is 5.60 Å². The zero-order valence-electron chi connectivity index (χ0n) is 15.9. The third-order valence-electron chi connectivity index (χ3n) is 5.64. The van der Waals surface area contributed by atoms with Crippen LogP contribution in [0.2, 0.25) is 10.0 Å². The monoisotopic (exact) mass is 402 g/mol. The van der Waals surface area contributed by atoms with Crippen molar-refractivity contribution in [2.75, 3.05) is 13.6 Å². The number of hydrogen-bond acceptors (Lipinski definition) is 2. The second kappa shape index (κ2) is 6.82. The van der Waals surface area contributed by atoms with Gasteiger partial charge < -0.3 is 14.6 Å². The minimum atomic E-state index is -1.00. The molecule has 1 aliphatic rings. The van der Waals surface area contributed by atoms with Gasteiger partial charge in [0.05, 0.1) is 6.54 Å². The van der Waals surface area contributed by atoms with E-state index >= 15 is 0 Å². The van der Waals surface area contributed by atoms with Crippen molar-refractivity contribution in [2.24, 2.45) is 0 Å². The van der Waals surface area contributed by atoms with Gasteiger partial charge in [0.1, 0.15) is 5.60 Å². The molecule has 2 aromatic carbocycles. The van der Waals surface area contributed by atoms with Crippen LogP contribution in [-0.4, -0.2) is 28.2 Å². The number of aryl methyl sites for hydroxylation is 1. The summed E-state index contributed by atoms with van der Waals surface area (Å²) < 4.78 is 2.28. The number of nitrogens with zero attached hydrogens (tertiary/aromatic N) is 2. The third kappa shape index (κ3) is 3.38. The maximum absolute atomic E-state index is 11.4. The van der Waals surface area contributed by atoms with Crippen LogP contribution in [0.1, 0.15) is 29.3 Å². The molecular formula is C22H24Cl2N2O. The van der Waals surface area contributed by atoms with Gasteiger partial charge in [-0.1, -0.05) is 29.3 Å². The van der Waals surface area contributed by atoms with Crippen molar-refractivity contribution in [1.29, 1.82) is 0 Å². The fourth-order valence-corrected chi connectivity index (χ4v) is 4.76. The molecule has 0 radical (unpaired) electrons. The summed E-state index contributed by atoms with van der Waals surface area (Å²) in [6.07, 6.45) is 0.966. The summed E-state index contributed by atoms with van der Waals surface area (Å²) >= 11 is 12.4. The molecule has 3 aromatic rings. The van der Waals surface area contributed by atoms with E-state index in [1.807, 2.05) is 44.2 Å². The van der Waals surface area contributed by atoms with Crippen LogP contribution < -0.4 is 0 Å². The van der Waals surface area contributed by atoms with Crippen LogP contribution in [0.5, 0.6) is 0 Å². The molecule has 0 fully saturated rings. The van der Waals surface area contributed by atoms with Gasteiger partial charge in [0.25, 0.3) is 0 Å². The van der Waals surface area contributed by atoms with Gasteiger partial charge in [-0.2, -0.15) is 0 Å². The predicted molar refractivity (Wildman–Crippen MR) is 113 cm³/mol. The van der Waals surface area contributed by atoms with Crippen LogP contribution in [0, 0.1) is 6.92 Å². The zero-order valence-corrected chi connectivity index (χ0v) is 17.4. The third-order valence-corrected chi connectivity index (χ3v) is 6.11. The Bertz CT molecular complexity index is 1020. The predicted octanol–water partition coefficient (Wildman–Crippen LogP) is 5.15. The first-order chi connectivity index (χ1) is 12.8. The van der Waals surface area contributed by atoms with E-state index in [2.05, 4.69) is 22.6 Å². The molecule has 3 nitrogen and oxygen atoms in total. The first-order valence-electron chi connectivity index (χ1n) is 9.23. The van der Waals surface area contributed by atoms with Crippen molar-refractivity contribution in [2.45, 2.75) is 39.0 Å². The standard InChI is InChI=1S/C22H24Cl2N2O/c1-14-10-15(23)4-6-19(14)22(2,27)13-26-20-7-5-16(24)11-17(20)18-12-25(3)9-8-21(18)26/h4-7,10-11,27H,8-9,12-13H2,1-3H3. The largest absolute Gasteiger partial charge is 0.384 e. The van der Waals surface area contributed by atoms with E-state index in [1.165, 1.54) is 16.6 Å². The van der Waals surface area contributed by atoms with Crippen LogP contribution in [0.15, 0.2) is 36.4 Å². The van der Waals surface area contributed by atoms with Crippen molar-refractivity contribution in [3.63, 3.8) is 0 Å². The minimum absolute atomic E-state index is 0.493. The SMILES string of the molecule is Cc1cc(Cl)ccc1C(C)(O)Cn1c2c(c3cc(Cl)ccc31)CN(C)CC2. The van der Waals surface area contributed by atoms with Gasteiger partial charge in [0.15, 0.2) is 0 Å². The highest BCUT2D eigenvalue weighted by Gasteiger charge is 2.30. The van der Waals surface area contributed by atoms with E-state index in [0.29, 0.717) is 11.6 Å². The average molecular weight is 403 g/mol. The van der Waals surface area contributed by atoms with Crippen LogP contribution in [-0.2, 0) is 25.1 Å². The summed E-state index contributed by atoms with van der Waals surface area (Å²) in [5.41, 5.74) is 4.66. The zero-order chi connectivity index (χ0) is 19.3. The van der Waals surface area contributed by atoms with Gasteiger partial charge in [-0.15, -0.1) is 0 Å². The Balaban J connectivity index is 1.84. The Hall–Kier alpha value is -1.52. The fraction of sp³-hybridized carbons (Fsp3) is 0.364. The summed E-state index contributed by atoms with van der Waals surface area (Å²) in [6.45, 7) is 6.28. The van der Waals surface area contributed by atoms with Crippen LogP contribution in [0.4, 0.5) is 0 Å². The first-order valence-corrected chi connectivity index (χ1v) is 9.99. The molecule has 0 saturated carbocycles. The van der Waals surface area contributed by atoms with Gasteiger partial charge in [0, 0.05) is 46.2 Å². The molecule has 1 N–H and O–H groups in total. The molecular weight excluding hydrogens is 379 g/mol. The Morgan fingerprint density at radius 1 is 1.11 bits per heavy atom. The highest BCUT2D eigenvalue weighted by molar-refractivity contribution is 6.31. The summed E-state index contributed by atoms with van der Waals surface area (Å²) in [5.74, 6) is 0. The second-order valence-corrected chi connectivity index (χ2v) is 8.77. The van der Waals surface area contributed by atoms with Crippen molar-refractivity contribution in [3.8, 4) is 0 Å². The lowest BCUT2D eigenvalue weighted by Crippen LogP contribution is -2.32. The molecule has 4 rings (SSSR count). The number of aliphatic hydroxyl groups is 1. The van der Waals surface area contributed by atoms with Crippen molar-refractivity contribution in [3.05, 3.63) is 68.8 Å². The highest BCUT2D eigenvalue weighted by atomic mass is 35.5. The number of rotatable bonds is 3. The molecule has 0 saturated heterocycles. The van der Waals surface area contributed by atoms with Gasteiger partial charge in [0.2, 0.25) is 0 Å². The molecule has 2 heterocycles. The minimum Gasteiger partial charge on any atom is -0.384 e. The molecule has 1 atom stereocenters. The van der Waals surface area contributed by atoms with Crippen LogP contribution >= 0.6 is 23.2 Å². The average Bonchev–Trinajstić information content (AvgIpc) is 2.86. The van der Waals surface area contributed by atoms with Gasteiger partial charge in [-0.05, 0) is 67.9 Å². The van der Waals surface area contributed by atoms with E-state index in [-0.39, 0.29) is 0 Å². The highest BCUT2D eigenvalue weighted by Crippen LogP contribution is 2.36. The van der Waals surface area contributed by atoms with E-state index in [4.69, 9.17) is 23.2 Å². The van der Waals surface area contributed by atoms with E-state index in [9.17, 15) is 5.11 Å². The molecule has 0 spiro atoms. The number of halogens is 2.